The molecular formula is C17H20N2O4. The Kier molecular flexibility index (Phi) is 4.93. The summed E-state index contributed by atoms with van der Waals surface area (Å²) >= 11 is 0. The molecule has 6 heteroatoms. The predicted molar refractivity (Wildman–Crippen MR) is 85.0 cm³/mol. The first-order valence-corrected chi connectivity index (χ1v) is 7.26. The van der Waals surface area contributed by atoms with Crippen molar-refractivity contribution in [3.05, 3.63) is 40.9 Å². The van der Waals surface area contributed by atoms with Gasteiger partial charge in [-0.05, 0) is 32.9 Å². The van der Waals surface area contributed by atoms with E-state index in [4.69, 9.17) is 9.47 Å². The number of carbonyl (C=O) groups excluding carboxylic acids is 2. The monoisotopic (exact) mass is 316 g/mol. The summed E-state index contributed by atoms with van der Waals surface area (Å²) in [5, 5.41) is 0. The molecule has 0 saturated heterocycles. The standard InChI is InChI=1S/C17H20N2O4/c1-9-7-6-8-12(18-9)15-13(16(20)22-4)10(2)19-11(3)14(15)17(21)23-5/h6-8,13,15H,1-5H3. The number of ether oxygens (including phenoxy) is 2. The van der Waals surface area contributed by atoms with Crippen LogP contribution < -0.4 is 0 Å². The maximum atomic E-state index is 12.3. The fourth-order valence-electron chi connectivity index (χ4n) is 2.90. The minimum atomic E-state index is -0.702. The lowest BCUT2D eigenvalue weighted by Crippen LogP contribution is -2.36. The number of pyridine rings is 1. The van der Waals surface area contributed by atoms with E-state index in [2.05, 4.69) is 9.98 Å². The molecule has 0 aliphatic carbocycles. The molecule has 0 fully saturated rings. The summed E-state index contributed by atoms with van der Waals surface area (Å²) in [4.78, 5) is 33.4. The van der Waals surface area contributed by atoms with Crippen molar-refractivity contribution in [1.29, 1.82) is 0 Å². The van der Waals surface area contributed by atoms with Gasteiger partial charge in [0.25, 0.3) is 0 Å². The highest BCUT2D eigenvalue weighted by Gasteiger charge is 2.42. The average molecular weight is 316 g/mol. The quantitative estimate of drug-likeness (QED) is 0.799. The summed E-state index contributed by atoms with van der Waals surface area (Å²) in [6.07, 6.45) is 0. The van der Waals surface area contributed by atoms with Crippen molar-refractivity contribution in [2.45, 2.75) is 26.7 Å². The van der Waals surface area contributed by atoms with E-state index in [0.717, 1.165) is 5.69 Å². The molecule has 0 saturated carbocycles. The number of hydrogen-bond donors (Lipinski definition) is 0. The first-order chi connectivity index (χ1) is 10.9. The maximum absolute atomic E-state index is 12.3. The zero-order valence-electron chi connectivity index (χ0n) is 13.9. The Balaban J connectivity index is 2.68. The molecule has 1 aromatic rings. The molecule has 6 nitrogen and oxygen atoms in total. The Hall–Kier alpha value is -2.50. The number of nitrogens with zero attached hydrogens (tertiary/aromatic N) is 2. The van der Waals surface area contributed by atoms with Gasteiger partial charge in [-0.2, -0.15) is 0 Å². The minimum absolute atomic E-state index is 0.339. The lowest BCUT2D eigenvalue weighted by molar-refractivity contribution is -0.143. The number of aryl methyl sites for hydroxylation is 1. The van der Waals surface area contributed by atoms with Crippen LogP contribution in [0.1, 0.15) is 31.2 Å². The summed E-state index contributed by atoms with van der Waals surface area (Å²) in [6.45, 7) is 5.34. The summed E-state index contributed by atoms with van der Waals surface area (Å²) in [6, 6.07) is 5.49. The molecule has 1 aliphatic heterocycles. The van der Waals surface area contributed by atoms with Crippen molar-refractivity contribution < 1.29 is 19.1 Å². The van der Waals surface area contributed by atoms with E-state index < -0.39 is 23.8 Å². The Bertz CT molecular complexity index is 706. The van der Waals surface area contributed by atoms with Crippen LogP contribution in [0.5, 0.6) is 0 Å². The summed E-state index contributed by atoms with van der Waals surface area (Å²) < 4.78 is 9.81. The molecule has 2 rings (SSSR count). The highest BCUT2D eigenvalue weighted by molar-refractivity contribution is 6.06. The van der Waals surface area contributed by atoms with Crippen LogP contribution in [0, 0.1) is 12.8 Å². The van der Waals surface area contributed by atoms with Crippen LogP contribution in [-0.4, -0.2) is 36.9 Å². The number of allylic oxidation sites excluding steroid dienone is 1. The lowest BCUT2D eigenvalue weighted by Gasteiger charge is -2.30. The second-order valence-electron chi connectivity index (χ2n) is 5.43. The van der Waals surface area contributed by atoms with E-state index in [-0.39, 0.29) is 0 Å². The van der Waals surface area contributed by atoms with Crippen molar-refractivity contribution in [3.63, 3.8) is 0 Å². The fraction of sp³-hybridized carbons (Fsp3) is 0.412. The van der Waals surface area contributed by atoms with Crippen LogP contribution in [0.25, 0.3) is 0 Å². The zero-order chi connectivity index (χ0) is 17.1. The summed E-state index contributed by atoms with van der Waals surface area (Å²) in [5.41, 5.74) is 2.88. The van der Waals surface area contributed by atoms with Crippen molar-refractivity contribution in [3.8, 4) is 0 Å². The summed E-state index contributed by atoms with van der Waals surface area (Å²) in [5.74, 6) is -2.24. The molecule has 0 aromatic carbocycles. The van der Waals surface area contributed by atoms with Gasteiger partial charge in [0.2, 0.25) is 0 Å². The molecule has 23 heavy (non-hydrogen) atoms. The Morgan fingerprint density at radius 2 is 1.78 bits per heavy atom. The molecular weight excluding hydrogens is 296 g/mol. The van der Waals surface area contributed by atoms with Crippen molar-refractivity contribution in [2.24, 2.45) is 10.9 Å². The molecule has 1 aliphatic rings. The lowest BCUT2D eigenvalue weighted by atomic mass is 9.77. The molecule has 1 aromatic heterocycles. The molecule has 122 valence electrons. The molecule has 0 spiro atoms. The van der Waals surface area contributed by atoms with Crippen LogP contribution in [0.2, 0.25) is 0 Å². The number of hydrogen-bond acceptors (Lipinski definition) is 6. The molecule has 2 heterocycles. The smallest absolute Gasteiger partial charge is 0.336 e. The number of aromatic nitrogens is 1. The number of aliphatic imine (C=N–C) groups is 1. The minimum Gasteiger partial charge on any atom is -0.468 e. The molecule has 0 radical (unpaired) electrons. The number of esters is 2. The highest BCUT2D eigenvalue weighted by atomic mass is 16.5. The van der Waals surface area contributed by atoms with Gasteiger partial charge in [-0.25, -0.2) is 4.79 Å². The van der Waals surface area contributed by atoms with Gasteiger partial charge in [0.05, 0.1) is 25.7 Å². The van der Waals surface area contributed by atoms with Crippen molar-refractivity contribution in [2.75, 3.05) is 14.2 Å². The second kappa shape index (κ2) is 6.73. The van der Waals surface area contributed by atoms with Gasteiger partial charge in [-0.15, -0.1) is 0 Å². The van der Waals surface area contributed by atoms with Gasteiger partial charge in [-0.1, -0.05) is 6.07 Å². The fourth-order valence-corrected chi connectivity index (χ4v) is 2.90. The molecule has 0 amide bonds. The normalized spacial score (nSPS) is 20.8. The molecule has 0 N–H and O–H groups in total. The van der Waals surface area contributed by atoms with E-state index in [9.17, 15) is 9.59 Å². The van der Waals surface area contributed by atoms with Crippen molar-refractivity contribution >= 4 is 17.7 Å². The van der Waals surface area contributed by atoms with Gasteiger partial charge in [0.1, 0.15) is 5.92 Å². The van der Waals surface area contributed by atoms with Crippen LogP contribution in [0.3, 0.4) is 0 Å². The topological polar surface area (TPSA) is 77.8 Å². The van der Waals surface area contributed by atoms with Gasteiger partial charge >= 0.3 is 11.9 Å². The number of rotatable bonds is 3. The zero-order valence-corrected chi connectivity index (χ0v) is 13.9. The number of methoxy groups -OCH3 is 2. The largest absolute Gasteiger partial charge is 0.468 e. The van der Waals surface area contributed by atoms with Crippen LogP contribution in [0.15, 0.2) is 34.5 Å². The summed E-state index contributed by atoms with van der Waals surface area (Å²) in [7, 11) is 2.63. The van der Waals surface area contributed by atoms with Gasteiger partial charge in [-0.3, -0.25) is 14.8 Å². The van der Waals surface area contributed by atoms with Crippen LogP contribution in [-0.2, 0) is 19.1 Å². The van der Waals surface area contributed by atoms with Crippen LogP contribution >= 0.6 is 0 Å². The SMILES string of the molecule is COC(=O)C1=C(C)N=C(C)C(C(=O)OC)C1c1cccc(C)n1. The molecule has 2 unspecified atom stereocenters. The number of carbonyl (C=O) groups is 2. The van der Waals surface area contributed by atoms with E-state index in [1.165, 1.54) is 14.2 Å². The Labute approximate surface area is 135 Å². The first kappa shape index (κ1) is 16.9. The molecule has 2 atom stereocenters. The third kappa shape index (κ3) is 3.16. The maximum Gasteiger partial charge on any atom is 0.336 e. The van der Waals surface area contributed by atoms with E-state index >= 15 is 0 Å². The van der Waals surface area contributed by atoms with Gasteiger partial charge in [0.15, 0.2) is 0 Å². The predicted octanol–water partition coefficient (Wildman–Crippen LogP) is 2.18. The van der Waals surface area contributed by atoms with Gasteiger partial charge < -0.3 is 9.47 Å². The van der Waals surface area contributed by atoms with E-state index in [0.29, 0.717) is 22.7 Å². The highest BCUT2D eigenvalue weighted by Crippen LogP contribution is 2.39. The second-order valence-corrected chi connectivity index (χ2v) is 5.43. The molecule has 0 bridgehead atoms. The van der Waals surface area contributed by atoms with Crippen LogP contribution in [0.4, 0.5) is 0 Å². The first-order valence-electron chi connectivity index (χ1n) is 7.26. The third-order valence-corrected chi connectivity index (χ3v) is 3.92. The third-order valence-electron chi connectivity index (χ3n) is 3.92. The van der Waals surface area contributed by atoms with Gasteiger partial charge in [0, 0.05) is 22.8 Å². The Morgan fingerprint density at radius 3 is 2.35 bits per heavy atom. The van der Waals surface area contributed by atoms with E-state index in [1.807, 2.05) is 19.1 Å². The van der Waals surface area contributed by atoms with E-state index in [1.54, 1.807) is 19.9 Å². The van der Waals surface area contributed by atoms with Crippen molar-refractivity contribution in [1.82, 2.24) is 4.98 Å². The Morgan fingerprint density at radius 1 is 1.09 bits per heavy atom. The average Bonchev–Trinajstić information content (AvgIpc) is 2.52.